The monoisotopic (exact) mass is 502 g/mol. The summed E-state index contributed by atoms with van der Waals surface area (Å²) in [5, 5.41) is 7.96. The lowest BCUT2D eigenvalue weighted by Crippen LogP contribution is -2.38. The maximum absolute atomic E-state index is 12.5. The van der Waals surface area contributed by atoms with Gasteiger partial charge in [-0.2, -0.15) is 13.2 Å². The average Bonchev–Trinajstić information content (AvgIpc) is 3.05. The molecule has 0 radical (unpaired) electrons. The lowest BCUT2D eigenvalue weighted by molar-refractivity contribution is -0.140. The summed E-state index contributed by atoms with van der Waals surface area (Å²) in [6, 6.07) is 0. The molecule has 0 bridgehead atoms. The first-order valence-corrected chi connectivity index (χ1v) is 9.58. The molecule has 26 heavy (non-hydrogen) atoms. The van der Waals surface area contributed by atoms with Crippen LogP contribution < -0.4 is 10.6 Å². The van der Waals surface area contributed by atoms with Gasteiger partial charge in [0.15, 0.2) is 11.7 Å². The number of nitrogens with one attached hydrogen (secondary N) is 2. The fraction of sp³-hybridized carbons (Fsp3) is 0.647. The molecule has 1 heterocycles. The van der Waals surface area contributed by atoms with Crippen LogP contribution in [0.1, 0.15) is 49.7 Å². The Morgan fingerprint density at radius 2 is 2.08 bits per heavy atom. The SMILES string of the molecule is CCNC(=NCCc1nc(C(F)(F)F)cs1)NCCC1=CCCCC1.I. The first kappa shape index (κ1) is 23.2. The maximum atomic E-state index is 12.5. The van der Waals surface area contributed by atoms with Gasteiger partial charge >= 0.3 is 6.18 Å². The van der Waals surface area contributed by atoms with E-state index in [4.69, 9.17) is 0 Å². The van der Waals surface area contributed by atoms with Crippen LogP contribution in [0.2, 0.25) is 0 Å². The second-order valence-electron chi connectivity index (χ2n) is 5.92. The average molecular weight is 502 g/mol. The molecule has 0 amide bonds. The number of aliphatic imine (C=N–C) groups is 1. The van der Waals surface area contributed by atoms with Gasteiger partial charge in [0.25, 0.3) is 0 Å². The van der Waals surface area contributed by atoms with E-state index in [0.717, 1.165) is 36.2 Å². The number of hydrogen-bond acceptors (Lipinski definition) is 3. The number of thiazole rings is 1. The predicted octanol–water partition coefficient (Wildman–Crippen LogP) is 4.77. The van der Waals surface area contributed by atoms with E-state index >= 15 is 0 Å². The Bertz CT molecular complexity index is 599. The van der Waals surface area contributed by atoms with Crippen molar-refractivity contribution < 1.29 is 13.2 Å². The molecule has 0 saturated carbocycles. The van der Waals surface area contributed by atoms with Gasteiger partial charge in [0, 0.05) is 31.4 Å². The first-order valence-electron chi connectivity index (χ1n) is 8.70. The minimum absolute atomic E-state index is 0. The van der Waals surface area contributed by atoms with E-state index in [9.17, 15) is 13.2 Å². The molecule has 4 nitrogen and oxygen atoms in total. The third-order valence-electron chi connectivity index (χ3n) is 3.91. The zero-order valence-electron chi connectivity index (χ0n) is 14.9. The van der Waals surface area contributed by atoms with Crippen molar-refractivity contribution in [1.82, 2.24) is 15.6 Å². The van der Waals surface area contributed by atoms with Gasteiger partial charge in [0.1, 0.15) is 0 Å². The summed E-state index contributed by atoms with van der Waals surface area (Å²) in [6.07, 6.45) is 4.28. The summed E-state index contributed by atoms with van der Waals surface area (Å²) < 4.78 is 37.6. The van der Waals surface area contributed by atoms with Crippen molar-refractivity contribution in [3.8, 4) is 0 Å². The molecule has 1 aromatic rings. The van der Waals surface area contributed by atoms with Crippen LogP contribution >= 0.6 is 35.3 Å². The van der Waals surface area contributed by atoms with Gasteiger partial charge in [-0.05, 0) is 39.0 Å². The van der Waals surface area contributed by atoms with Crippen molar-refractivity contribution in [3.63, 3.8) is 0 Å². The van der Waals surface area contributed by atoms with Crippen molar-refractivity contribution in [2.24, 2.45) is 4.99 Å². The second-order valence-corrected chi connectivity index (χ2v) is 6.86. The number of halogens is 4. The molecule has 0 atom stereocenters. The van der Waals surface area contributed by atoms with Gasteiger partial charge in [0.2, 0.25) is 0 Å². The zero-order valence-corrected chi connectivity index (χ0v) is 18.0. The fourth-order valence-electron chi connectivity index (χ4n) is 2.63. The van der Waals surface area contributed by atoms with Gasteiger partial charge in [-0.25, -0.2) is 4.98 Å². The molecule has 148 valence electrons. The summed E-state index contributed by atoms with van der Waals surface area (Å²) in [4.78, 5) is 8.05. The highest BCUT2D eigenvalue weighted by atomic mass is 127. The second kappa shape index (κ2) is 11.8. The Morgan fingerprint density at radius 3 is 2.69 bits per heavy atom. The van der Waals surface area contributed by atoms with Crippen molar-refractivity contribution in [2.45, 2.75) is 51.6 Å². The van der Waals surface area contributed by atoms with Crippen molar-refractivity contribution >= 4 is 41.3 Å². The molecule has 0 spiro atoms. The molecular formula is C17H26F3IN4S. The van der Waals surface area contributed by atoms with Crippen LogP contribution in [-0.2, 0) is 12.6 Å². The van der Waals surface area contributed by atoms with E-state index in [2.05, 4.69) is 26.7 Å². The number of aromatic nitrogens is 1. The summed E-state index contributed by atoms with van der Waals surface area (Å²) in [7, 11) is 0. The van der Waals surface area contributed by atoms with E-state index in [0.29, 0.717) is 23.9 Å². The minimum atomic E-state index is -4.37. The predicted molar refractivity (Wildman–Crippen MR) is 111 cm³/mol. The standard InChI is InChI=1S/C17H25F3N4S.HI/c1-2-21-16(22-10-8-13-6-4-3-5-7-13)23-11-9-15-24-14(12-25-15)17(18,19)20;/h6,12H,2-5,7-11H2,1H3,(H2,21,22,23);1H. The molecule has 9 heteroatoms. The molecule has 0 fully saturated rings. The molecule has 2 N–H and O–H groups in total. The van der Waals surface area contributed by atoms with Crippen LogP contribution in [0.25, 0.3) is 0 Å². The summed E-state index contributed by atoms with van der Waals surface area (Å²) in [5.41, 5.74) is 0.680. The molecule has 0 unspecified atom stereocenters. The Kier molecular flexibility index (Phi) is 10.5. The lowest BCUT2D eigenvalue weighted by atomic mass is 9.97. The summed E-state index contributed by atoms with van der Waals surface area (Å²) in [5.74, 6) is 0.700. The molecule has 0 aliphatic heterocycles. The van der Waals surface area contributed by atoms with Gasteiger partial charge in [0.05, 0.1) is 5.01 Å². The van der Waals surface area contributed by atoms with E-state index < -0.39 is 11.9 Å². The number of allylic oxidation sites excluding steroid dienone is 1. The fourth-order valence-corrected chi connectivity index (χ4v) is 3.43. The Hall–Kier alpha value is -0.840. The van der Waals surface area contributed by atoms with E-state index in [1.165, 1.54) is 31.3 Å². The van der Waals surface area contributed by atoms with Crippen molar-refractivity contribution in [2.75, 3.05) is 19.6 Å². The molecule has 1 aliphatic carbocycles. The Morgan fingerprint density at radius 1 is 1.27 bits per heavy atom. The van der Waals surface area contributed by atoms with Crippen molar-refractivity contribution in [1.29, 1.82) is 0 Å². The van der Waals surface area contributed by atoms with Crippen LogP contribution in [0.5, 0.6) is 0 Å². The van der Waals surface area contributed by atoms with E-state index in [1.807, 2.05) is 6.92 Å². The van der Waals surface area contributed by atoms with Crippen LogP contribution in [-0.4, -0.2) is 30.6 Å². The number of alkyl halides is 3. The zero-order chi connectivity index (χ0) is 18.1. The Labute approximate surface area is 173 Å². The van der Waals surface area contributed by atoms with Gasteiger partial charge < -0.3 is 10.6 Å². The van der Waals surface area contributed by atoms with E-state index in [-0.39, 0.29) is 24.0 Å². The number of nitrogens with zero attached hydrogens (tertiary/aromatic N) is 2. The highest BCUT2D eigenvalue weighted by Crippen LogP contribution is 2.30. The van der Waals surface area contributed by atoms with Gasteiger partial charge in [-0.1, -0.05) is 11.6 Å². The van der Waals surface area contributed by atoms with Crippen LogP contribution in [0, 0.1) is 0 Å². The topological polar surface area (TPSA) is 49.3 Å². The summed E-state index contributed by atoms with van der Waals surface area (Å²) in [6.45, 7) is 3.94. The highest BCUT2D eigenvalue weighted by Gasteiger charge is 2.33. The molecule has 0 saturated heterocycles. The van der Waals surface area contributed by atoms with Crippen LogP contribution in [0.3, 0.4) is 0 Å². The quantitative estimate of drug-likeness (QED) is 0.245. The van der Waals surface area contributed by atoms with Crippen LogP contribution in [0.4, 0.5) is 13.2 Å². The van der Waals surface area contributed by atoms with Gasteiger partial charge in [-0.15, -0.1) is 35.3 Å². The molecule has 1 aromatic heterocycles. The molecule has 0 aromatic carbocycles. The smallest absolute Gasteiger partial charge is 0.357 e. The number of rotatable bonds is 7. The molecular weight excluding hydrogens is 476 g/mol. The lowest BCUT2D eigenvalue weighted by Gasteiger charge is -2.15. The third-order valence-corrected chi connectivity index (χ3v) is 4.81. The first-order chi connectivity index (χ1) is 12.0. The maximum Gasteiger partial charge on any atom is 0.434 e. The normalized spacial score (nSPS) is 15.2. The minimum Gasteiger partial charge on any atom is -0.357 e. The third kappa shape index (κ3) is 8.24. The van der Waals surface area contributed by atoms with Crippen molar-refractivity contribution in [3.05, 3.63) is 27.7 Å². The number of hydrogen-bond donors (Lipinski definition) is 2. The van der Waals surface area contributed by atoms with E-state index in [1.54, 1.807) is 0 Å². The largest absolute Gasteiger partial charge is 0.434 e. The van der Waals surface area contributed by atoms with Gasteiger partial charge in [-0.3, -0.25) is 4.99 Å². The molecule has 1 aliphatic rings. The number of guanidine groups is 1. The van der Waals surface area contributed by atoms with Crippen LogP contribution in [0.15, 0.2) is 22.0 Å². The summed E-state index contributed by atoms with van der Waals surface area (Å²) >= 11 is 1.03. The Balaban J connectivity index is 0.00000338. The highest BCUT2D eigenvalue weighted by molar-refractivity contribution is 14.0. The molecule has 2 rings (SSSR count).